The number of fused-ring (bicyclic) bond motifs is 2. The van der Waals surface area contributed by atoms with Gasteiger partial charge in [0.05, 0.1) is 18.9 Å². The molecule has 0 aliphatic carbocycles. The minimum atomic E-state index is -0.709. The summed E-state index contributed by atoms with van der Waals surface area (Å²) in [5.41, 5.74) is 0.722. The van der Waals surface area contributed by atoms with Gasteiger partial charge in [-0.1, -0.05) is 18.2 Å². The number of amides is 2. The number of anilines is 2. The molecule has 2 aliphatic rings. The van der Waals surface area contributed by atoms with E-state index in [4.69, 9.17) is 13.9 Å². The lowest BCUT2D eigenvalue weighted by Gasteiger charge is -2.35. The number of benzene rings is 2. The normalized spacial score (nSPS) is 18.4. The second-order valence-corrected chi connectivity index (χ2v) is 8.33. The Morgan fingerprint density at radius 1 is 1.06 bits per heavy atom. The molecule has 0 spiro atoms. The van der Waals surface area contributed by atoms with Crippen LogP contribution in [0, 0.1) is 0 Å². The van der Waals surface area contributed by atoms with Crippen molar-refractivity contribution in [2.75, 3.05) is 49.6 Å². The molecular weight excluding hydrogens is 438 g/mol. The number of para-hydroxylation sites is 1. The lowest BCUT2D eigenvalue weighted by atomic mass is 10.1. The van der Waals surface area contributed by atoms with E-state index in [9.17, 15) is 14.4 Å². The van der Waals surface area contributed by atoms with Crippen LogP contribution >= 0.6 is 0 Å². The summed E-state index contributed by atoms with van der Waals surface area (Å²) in [4.78, 5) is 41.9. The molecule has 0 radical (unpaired) electrons. The van der Waals surface area contributed by atoms with Crippen LogP contribution in [0.1, 0.15) is 17.3 Å². The molecule has 1 saturated heterocycles. The average molecular weight is 463 g/mol. The minimum absolute atomic E-state index is 0.0898. The molecule has 5 rings (SSSR count). The van der Waals surface area contributed by atoms with Crippen molar-refractivity contribution in [2.24, 2.45) is 0 Å². The number of morpholine rings is 1. The van der Waals surface area contributed by atoms with Crippen LogP contribution in [0.3, 0.4) is 0 Å². The Hall–Kier alpha value is -3.69. The topological polar surface area (TPSA) is 101 Å². The maximum atomic E-state index is 12.8. The van der Waals surface area contributed by atoms with E-state index in [1.165, 1.54) is 6.07 Å². The largest absolute Gasteiger partial charge is 0.479 e. The van der Waals surface area contributed by atoms with Crippen LogP contribution in [0.25, 0.3) is 11.0 Å². The van der Waals surface area contributed by atoms with Crippen molar-refractivity contribution in [3.8, 4) is 5.75 Å². The quantitative estimate of drug-likeness (QED) is 0.580. The fourth-order valence-corrected chi connectivity index (χ4v) is 4.20. The van der Waals surface area contributed by atoms with Crippen molar-refractivity contribution >= 4 is 34.2 Å². The number of hydrogen-bond acceptors (Lipinski definition) is 7. The first-order valence-corrected chi connectivity index (χ1v) is 11.3. The number of carbonyl (C=O) groups excluding carboxylic acids is 2. The minimum Gasteiger partial charge on any atom is -0.479 e. The summed E-state index contributed by atoms with van der Waals surface area (Å²) >= 11 is 0. The van der Waals surface area contributed by atoms with Crippen LogP contribution in [0.4, 0.5) is 11.4 Å². The molecule has 1 N–H and O–H groups in total. The van der Waals surface area contributed by atoms with Gasteiger partial charge in [0.15, 0.2) is 6.10 Å². The molecule has 1 atom stereocenters. The molecule has 1 aromatic heterocycles. The molecule has 2 aromatic carbocycles. The van der Waals surface area contributed by atoms with Crippen LogP contribution in [-0.4, -0.2) is 62.2 Å². The van der Waals surface area contributed by atoms with Gasteiger partial charge in [0.25, 0.3) is 11.8 Å². The Morgan fingerprint density at radius 3 is 2.68 bits per heavy atom. The van der Waals surface area contributed by atoms with E-state index in [2.05, 4.69) is 10.2 Å². The average Bonchev–Trinajstić information content (AvgIpc) is 2.84. The first-order valence-electron chi connectivity index (χ1n) is 11.3. The van der Waals surface area contributed by atoms with Crippen molar-refractivity contribution in [1.82, 2.24) is 4.90 Å². The molecule has 2 aliphatic heterocycles. The van der Waals surface area contributed by atoms with Crippen LogP contribution in [-0.2, 0) is 9.53 Å². The Labute approximate surface area is 195 Å². The van der Waals surface area contributed by atoms with E-state index >= 15 is 0 Å². The van der Waals surface area contributed by atoms with E-state index < -0.39 is 17.6 Å². The molecule has 9 nitrogen and oxygen atoms in total. The van der Waals surface area contributed by atoms with Gasteiger partial charge in [-0.2, -0.15) is 0 Å². The Morgan fingerprint density at radius 2 is 1.85 bits per heavy atom. The van der Waals surface area contributed by atoms with Gasteiger partial charge in [-0.3, -0.25) is 14.5 Å². The first kappa shape index (κ1) is 22.1. The lowest BCUT2D eigenvalue weighted by Crippen LogP contribution is -2.48. The Bertz CT molecular complexity index is 1300. The molecule has 1 unspecified atom stereocenters. The maximum Gasteiger partial charge on any atom is 0.349 e. The molecule has 9 heteroatoms. The smallest absolute Gasteiger partial charge is 0.349 e. The van der Waals surface area contributed by atoms with Gasteiger partial charge in [-0.15, -0.1) is 0 Å². The predicted molar refractivity (Wildman–Crippen MR) is 127 cm³/mol. The van der Waals surface area contributed by atoms with Gasteiger partial charge in [-0.05, 0) is 31.2 Å². The highest BCUT2D eigenvalue weighted by Gasteiger charge is 2.32. The van der Waals surface area contributed by atoms with Gasteiger partial charge in [0.2, 0.25) is 0 Å². The SMILES string of the molecule is CC1Oc2cc(NC(=O)c3cc4ccccc4oc3=O)ccc2N(CCN2CCOCC2)C1=O. The van der Waals surface area contributed by atoms with Crippen molar-refractivity contribution < 1.29 is 23.5 Å². The molecule has 176 valence electrons. The van der Waals surface area contributed by atoms with Crippen molar-refractivity contribution in [1.29, 1.82) is 0 Å². The Kier molecular flexibility index (Phi) is 6.04. The number of ether oxygens (including phenoxy) is 2. The maximum absolute atomic E-state index is 12.8. The van der Waals surface area contributed by atoms with Crippen LogP contribution in [0.5, 0.6) is 5.75 Å². The molecule has 3 heterocycles. The summed E-state index contributed by atoms with van der Waals surface area (Å²) in [5, 5.41) is 3.39. The summed E-state index contributed by atoms with van der Waals surface area (Å²) in [6, 6.07) is 13.6. The molecule has 34 heavy (non-hydrogen) atoms. The zero-order chi connectivity index (χ0) is 23.7. The van der Waals surface area contributed by atoms with Gasteiger partial charge >= 0.3 is 5.63 Å². The van der Waals surface area contributed by atoms with Crippen LogP contribution in [0.15, 0.2) is 57.7 Å². The number of rotatable bonds is 5. The molecule has 1 fully saturated rings. The third kappa shape index (κ3) is 4.40. The molecule has 3 aromatic rings. The molecular formula is C25H25N3O6. The van der Waals surface area contributed by atoms with E-state index in [-0.39, 0.29) is 11.5 Å². The zero-order valence-corrected chi connectivity index (χ0v) is 18.8. The zero-order valence-electron chi connectivity index (χ0n) is 18.8. The third-order valence-corrected chi connectivity index (χ3v) is 6.06. The Balaban J connectivity index is 1.35. The van der Waals surface area contributed by atoms with Gasteiger partial charge in [0.1, 0.15) is 16.9 Å². The number of nitrogens with one attached hydrogen (secondary N) is 1. The highest BCUT2D eigenvalue weighted by molar-refractivity contribution is 6.06. The highest BCUT2D eigenvalue weighted by atomic mass is 16.5. The van der Waals surface area contributed by atoms with Crippen molar-refractivity contribution in [3.63, 3.8) is 0 Å². The number of hydrogen-bond donors (Lipinski definition) is 1. The van der Waals surface area contributed by atoms with Crippen LogP contribution in [0.2, 0.25) is 0 Å². The summed E-state index contributed by atoms with van der Waals surface area (Å²) in [5.74, 6) is -0.188. The van der Waals surface area contributed by atoms with E-state index in [0.717, 1.165) is 19.6 Å². The summed E-state index contributed by atoms with van der Waals surface area (Å²) in [6.45, 7) is 6.05. The monoisotopic (exact) mass is 463 g/mol. The van der Waals surface area contributed by atoms with Gasteiger partial charge in [0, 0.05) is 43.3 Å². The second kappa shape index (κ2) is 9.28. The number of carbonyl (C=O) groups is 2. The highest BCUT2D eigenvalue weighted by Crippen LogP contribution is 2.36. The predicted octanol–water partition coefficient (Wildman–Crippen LogP) is 2.49. The summed E-state index contributed by atoms with van der Waals surface area (Å²) in [7, 11) is 0. The van der Waals surface area contributed by atoms with Crippen molar-refractivity contribution in [3.05, 3.63) is 64.5 Å². The number of nitrogens with zero attached hydrogens (tertiary/aromatic N) is 2. The van der Waals surface area contributed by atoms with E-state index in [1.54, 1.807) is 54.3 Å². The third-order valence-electron chi connectivity index (χ3n) is 6.06. The molecule has 2 amide bonds. The molecule has 0 saturated carbocycles. The fourth-order valence-electron chi connectivity index (χ4n) is 4.20. The van der Waals surface area contributed by atoms with Gasteiger partial charge < -0.3 is 24.1 Å². The lowest BCUT2D eigenvalue weighted by molar-refractivity contribution is -0.125. The second-order valence-electron chi connectivity index (χ2n) is 8.33. The molecule has 0 bridgehead atoms. The standard InChI is InChI=1S/C25H25N3O6/c1-16-24(30)28(9-8-27-10-12-32-13-11-27)20-7-6-18(15-22(20)33-16)26-23(29)19-14-17-4-2-3-5-21(17)34-25(19)31/h2-7,14-16H,8-13H2,1H3,(H,26,29). The summed E-state index contributed by atoms with van der Waals surface area (Å²) in [6.07, 6.45) is -0.643. The van der Waals surface area contributed by atoms with Crippen molar-refractivity contribution in [2.45, 2.75) is 13.0 Å². The van der Waals surface area contributed by atoms with E-state index in [0.29, 0.717) is 47.9 Å². The van der Waals surface area contributed by atoms with Crippen LogP contribution < -0.4 is 20.6 Å². The summed E-state index contributed by atoms with van der Waals surface area (Å²) < 4.78 is 16.5. The van der Waals surface area contributed by atoms with Gasteiger partial charge in [-0.25, -0.2) is 4.79 Å². The van der Waals surface area contributed by atoms with E-state index in [1.807, 2.05) is 0 Å². The first-order chi connectivity index (χ1) is 16.5. The fraction of sp³-hybridized carbons (Fsp3) is 0.320.